The van der Waals surface area contributed by atoms with Crippen molar-refractivity contribution in [3.05, 3.63) is 107 Å². The molecule has 2 atom stereocenters. The fourth-order valence-electron chi connectivity index (χ4n) is 5.75. The molecule has 198 valence electrons. The lowest BCUT2D eigenvalue weighted by Crippen LogP contribution is -2.52. The van der Waals surface area contributed by atoms with E-state index in [1.807, 2.05) is 60.7 Å². The Kier molecular flexibility index (Phi) is 5.94. The number of ether oxygens (including phenoxy) is 1. The van der Waals surface area contributed by atoms with Crippen LogP contribution in [0.25, 0.3) is 21.8 Å². The number of carboxylic acids is 1. The lowest BCUT2D eigenvalue weighted by atomic mass is 9.88. The number of benzene rings is 3. The summed E-state index contributed by atoms with van der Waals surface area (Å²) in [5.41, 5.74) is 4.88. The quantitative estimate of drug-likeness (QED) is 0.282. The molecule has 0 spiro atoms. The molecule has 1 unspecified atom stereocenters. The van der Waals surface area contributed by atoms with Gasteiger partial charge in [-0.2, -0.15) is 0 Å². The van der Waals surface area contributed by atoms with Gasteiger partial charge in [-0.1, -0.05) is 66.7 Å². The van der Waals surface area contributed by atoms with Crippen LogP contribution in [0.4, 0.5) is 4.79 Å². The van der Waals surface area contributed by atoms with Gasteiger partial charge in [0.2, 0.25) is 0 Å². The molecule has 1 amide bonds. The SMILES string of the molecule is CC(C)(C)OC(=O)N1C(C(=O)O)Cc2c([nH]c3ccccc23)[C@@H]1c1cn(Cc2ccccc2)c2ccccc12. The second kappa shape index (κ2) is 9.34. The third-order valence-electron chi connectivity index (χ3n) is 7.33. The summed E-state index contributed by atoms with van der Waals surface area (Å²) >= 11 is 0. The molecule has 0 radical (unpaired) electrons. The van der Waals surface area contributed by atoms with E-state index < -0.39 is 29.7 Å². The highest BCUT2D eigenvalue weighted by atomic mass is 16.6. The van der Waals surface area contributed by atoms with Crippen molar-refractivity contribution >= 4 is 33.9 Å². The predicted molar refractivity (Wildman–Crippen MR) is 151 cm³/mol. The largest absolute Gasteiger partial charge is 0.480 e. The van der Waals surface area contributed by atoms with E-state index in [1.54, 1.807) is 20.8 Å². The zero-order chi connectivity index (χ0) is 27.3. The van der Waals surface area contributed by atoms with Gasteiger partial charge >= 0.3 is 12.1 Å². The summed E-state index contributed by atoms with van der Waals surface area (Å²) in [6.07, 6.45) is 1.59. The molecule has 1 aliphatic heterocycles. The van der Waals surface area contributed by atoms with Crippen LogP contribution in [0, 0.1) is 0 Å². The van der Waals surface area contributed by atoms with Gasteiger partial charge in [-0.25, -0.2) is 9.59 Å². The van der Waals surface area contributed by atoms with Gasteiger partial charge in [0, 0.05) is 52.2 Å². The average Bonchev–Trinajstić information content (AvgIpc) is 3.45. The van der Waals surface area contributed by atoms with Gasteiger partial charge in [-0.05, 0) is 44.0 Å². The summed E-state index contributed by atoms with van der Waals surface area (Å²) in [6.45, 7) is 6.02. The van der Waals surface area contributed by atoms with Crippen LogP contribution in [-0.4, -0.2) is 43.3 Å². The topological polar surface area (TPSA) is 87.6 Å². The molecule has 0 fully saturated rings. The number of amides is 1. The fourth-order valence-corrected chi connectivity index (χ4v) is 5.75. The van der Waals surface area contributed by atoms with Gasteiger partial charge in [-0.3, -0.25) is 4.90 Å². The molecule has 6 rings (SSSR count). The normalized spacial score (nSPS) is 17.4. The first-order valence-corrected chi connectivity index (χ1v) is 13.2. The summed E-state index contributed by atoms with van der Waals surface area (Å²) in [4.78, 5) is 31.5. The number of aliphatic carboxylic acids is 1. The highest BCUT2D eigenvalue weighted by Gasteiger charge is 2.46. The van der Waals surface area contributed by atoms with E-state index in [-0.39, 0.29) is 6.42 Å². The number of hydrogen-bond donors (Lipinski definition) is 2. The third kappa shape index (κ3) is 4.44. The average molecular weight is 522 g/mol. The number of aromatic amines is 1. The van der Waals surface area contributed by atoms with Crippen LogP contribution >= 0.6 is 0 Å². The van der Waals surface area contributed by atoms with Gasteiger partial charge < -0.3 is 19.4 Å². The molecule has 3 heterocycles. The number of hydrogen-bond acceptors (Lipinski definition) is 3. The molecular weight excluding hydrogens is 490 g/mol. The van der Waals surface area contributed by atoms with Crippen molar-refractivity contribution in [3.8, 4) is 0 Å². The maximum absolute atomic E-state index is 13.8. The van der Waals surface area contributed by atoms with Gasteiger partial charge in [0.1, 0.15) is 17.7 Å². The number of H-pyrrole nitrogens is 1. The Hall–Kier alpha value is -4.52. The summed E-state index contributed by atoms with van der Waals surface area (Å²) in [5.74, 6) is -1.06. The summed E-state index contributed by atoms with van der Waals surface area (Å²) < 4.78 is 7.98. The van der Waals surface area contributed by atoms with Crippen LogP contribution in [0.5, 0.6) is 0 Å². The highest BCUT2D eigenvalue weighted by molar-refractivity contribution is 5.91. The highest BCUT2D eigenvalue weighted by Crippen LogP contribution is 2.44. The predicted octanol–water partition coefficient (Wildman–Crippen LogP) is 6.51. The van der Waals surface area contributed by atoms with Crippen molar-refractivity contribution in [2.75, 3.05) is 0 Å². The number of nitrogens with zero attached hydrogens (tertiary/aromatic N) is 2. The van der Waals surface area contributed by atoms with Gasteiger partial charge in [0.15, 0.2) is 0 Å². The van der Waals surface area contributed by atoms with Crippen LogP contribution in [-0.2, 0) is 22.5 Å². The van der Waals surface area contributed by atoms with E-state index in [0.29, 0.717) is 6.54 Å². The number of fused-ring (bicyclic) bond motifs is 4. The summed E-state index contributed by atoms with van der Waals surface area (Å²) in [5, 5.41) is 12.3. The molecule has 39 heavy (non-hydrogen) atoms. The molecule has 7 nitrogen and oxygen atoms in total. The first-order valence-electron chi connectivity index (χ1n) is 13.2. The molecule has 0 saturated carbocycles. The Morgan fingerprint density at radius 2 is 1.62 bits per heavy atom. The number of carboxylic acid groups (broad SMARTS) is 1. The van der Waals surface area contributed by atoms with Crippen molar-refractivity contribution in [3.63, 3.8) is 0 Å². The van der Waals surface area contributed by atoms with Gasteiger partial charge in [0.25, 0.3) is 0 Å². The first kappa shape index (κ1) is 24.8. The van der Waals surface area contributed by atoms with Crippen molar-refractivity contribution in [2.24, 2.45) is 0 Å². The molecule has 5 aromatic rings. The van der Waals surface area contributed by atoms with Crippen molar-refractivity contribution in [1.82, 2.24) is 14.5 Å². The molecule has 0 aliphatic carbocycles. The minimum Gasteiger partial charge on any atom is -0.480 e. The van der Waals surface area contributed by atoms with E-state index in [1.165, 1.54) is 4.90 Å². The fraction of sp³-hybridized carbons (Fsp3) is 0.250. The van der Waals surface area contributed by atoms with E-state index >= 15 is 0 Å². The Labute approximate surface area is 226 Å². The lowest BCUT2D eigenvalue weighted by molar-refractivity contribution is -0.144. The smallest absolute Gasteiger partial charge is 0.411 e. The maximum atomic E-state index is 13.8. The molecule has 2 aromatic heterocycles. The molecule has 0 saturated heterocycles. The maximum Gasteiger partial charge on any atom is 0.411 e. The molecule has 1 aliphatic rings. The van der Waals surface area contributed by atoms with Crippen LogP contribution < -0.4 is 0 Å². The van der Waals surface area contributed by atoms with Crippen LogP contribution in [0.15, 0.2) is 85.1 Å². The molecular formula is C32H31N3O4. The van der Waals surface area contributed by atoms with Gasteiger partial charge in [0.05, 0.1) is 0 Å². The lowest BCUT2D eigenvalue weighted by Gasteiger charge is -2.40. The third-order valence-corrected chi connectivity index (χ3v) is 7.33. The molecule has 0 bridgehead atoms. The Balaban J connectivity index is 1.60. The monoisotopic (exact) mass is 521 g/mol. The van der Waals surface area contributed by atoms with Crippen molar-refractivity contribution in [1.29, 1.82) is 0 Å². The number of aromatic nitrogens is 2. The number of rotatable bonds is 4. The zero-order valence-electron chi connectivity index (χ0n) is 22.2. The number of nitrogens with one attached hydrogen (secondary N) is 1. The van der Waals surface area contributed by atoms with Crippen molar-refractivity contribution < 1.29 is 19.4 Å². The van der Waals surface area contributed by atoms with E-state index in [0.717, 1.165) is 44.2 Å². The Bertz CT molecular complexity index is 1690. The van der Waals surface area contributed by atoms with E-state index in [4.69, 9.17) is 4.74 Å². The Morgan fingerprint density at radius 1 is 0.949 bits per heavy atom. The van der Waals surface area contributed by atoms with Gasteiger partial charge in [-0.15, -0.1) is 0 Å². The zero-order valence-corrected chi connectivity index (χ0v) is 22.2. The molecule has 7 heteroatoms. The van der Waals surface area contributed by atoms with Crippen LogP contribution in [0.1, 0.15) is 49.2 Å². The Morgan fingerprint density at radius 3 is 2.33 bits per heavy atom. The summed E-state index contributed by atoms with van der Waals surface area (Å²) in [7, 11) is 0. The number of para-hydroxylation sites is 2. The van der Waals surface area contributed by atoms with E-state index in [2.05, 4.69) is 33.9 Å². The summed E-state index contributed by atoms with van der Waals surface area (Å²) in [6, 6.07) is 24.4. The van der Waals surface area contributed by atoms with Crippen molar-refractivity contribution in [2.45, 2.75) is 51.4 Å². The van der Waals surface area contributed by atoms with E-state index in [9.17, 15) is 14.7 Å². The minimum absolute atomic E-state index is 0.188. The molecule has 3 aromatic carbocycles. The minimum atomic E-state index is -1.09. The second-order valence-electron chi connectivity index (χ2n) is 11.1. The number of carbonyl (C=O) groups excluding carboxylic acids is 1. The van der Waals surface area contributed by atoms with Crippen LogP contribution in [0.3, 0.4) is 0 Å². The standard InChI is InChI=1S/C32H31N3O4/c1-32(2,3)39-31(38)35-27(30(36)37)17-23-21-13-7-9-15-25(21)33-28(23)29(35)24-19-34(18-20-11-5-4-6-12-20)26-16-10-8-14-22(24)26/h4-16,19,27,29,33H,17-18H2,1-3H3,(H,36,37)/t27?,29-/m0/s1. The molecule has 2 N–H and O–H groups in total. The first-order chi connectivity index (χ1) is 18.7. The van der Waals surface area contributed by atoms with Crippen LogP contribution in [0.2, 0.25) is 0 Å². The number of carbonyl (C=O) groups is 2. The second-order valence-corrected chi connectivity index (χ2v) is 11.1.